The first kappa shape index (κ1) is 13.1. The van der Waals surface area contributed by atoms with Crippen molar-refractivity contribution in [1.82, 2.24) is 0 Å². The van der Waals surface area contributed by atoms with E-state index in [4.69, 9.17) is 16.3 Å². The van der Waals surface area contributed by atoms with Gasteiger partial charge in [0, 0.05) is 16.9 Å². The fourth-order valence-corrected chi connectivity index (χ4v) is 1.70. The Hall–Kier alpha value is -3.31. The van der Waals surface area contributed by atoms with Gasteiger partial charge in [0.15, 0.2) is 0 Å². The normalized spacial score (nSPS) is 9.30. The molecule has 0 aliphatic rings. The Morgan fingerprint density at radius 3 is 2.45 bits per heavy atom. The van der Waals surface area contributed by atoms with Crippen LogP contribution in [0.1, 0.15) is 21.5 Å². The predicted molar refractivity (Wildman–Crippen MR) is 74.7 cm³/mol. The second kappa shape index (κ2) is 5.55. The van der Waals surface area contributed by atoms with E-state index in [-0.39, 0.29) is 17.0 Å². The molecule has 0 saturated carbocycles. The van der Waals surface area contributed by atoms with Crippen LogP contribution in [-0.4, -0.2) is 5.91 Å². The van der Waals surface area contributed by atoms with E-state index < -0.39 is 0 Å². The molecule has 0 heterocycles. The van der Waals surface area contributed by atoms with Gasteiger partial charge in [-0.1, -0.05) is 6.07 Å². The standard InChI is InChI=1S/C15H10N4O/c16-8-11-4-5-14(7-12(11)9-17)19-15(20)10-2-1-3-13(18)6-10/h1-7H,18H2,(H,19,20). The zero-order valence-corrected chi connectivity index (χ0v) is 10.4. The molecule has 2 aromatic rings. The highest BCUT2D eigenvalue weighted by molar-refractivity contribution is 6.04. The molecule has 2 aromatic carbocycles. The van der Waals surface area contributed by atoms with Gasteiger partial charge in [0.2, 0.25) is 0 Å². The van der Waals surface area contributed by atoms with Crippen LogP contribution in [0.5, 0.6) is 0 Å². The van der Waals surface area contributed by atoms with Crippen LogP contribution in [0.3, 0.4) is 0 Å². The van der Waals surface area contributed by atoms with Gasteiger partial charge in [0.05, 0.1) is 11.1 Å². The molecule has 2 rings (SSSR count). The number of carbonyl (C=O) groups excluding carboxylic acids is 1. The Kier molecular flexibility index (Phi) is 3.65. The van der Waals surface area contributed by atoms with Crippen LogP contribution < -0.4 is 11.1 Å². The zero-order chi connectivity index (χ0) is 14.5. The third-order valence-electron chi connectivity index (χ3n) is 2.67. The van der Waals surface area contributed by atoms with Crippen LogP contribution >= 0.6 is 0 Å². The van der Waals surface area contributed by atoms with E-state index in [1.165, 1.54) is 12.1 Å². The van der Waals surface area contributed by atoms with Crippen LogP contribution in [0.15, 0.2) is 42.5 Å². The summed E-state index contributed by atoms with van der Waals surface area (Å²) in [7, 11) is 0. The summed E-state index contributed by atoms with van der Waals surface area (Å²) in [6.45, 7) is 0. The fourth-order valence-electron chi connectivity index (χ4n) is 1.70. The highest BCUT2D eigenvalue weighted by Gasteiger charge is 2.08. The molecule has 3 N–H and O–H groups in total. The SMILES string of the molecule is N#Cc1ccc(NC(=O)c2cccc(N)c2)cc1C#N. The van der Waals surface area contributed by atoms with Crippen LogP contribution in [0, 0.1) is 22.7 Å². The van der Waals surface area contributed by atoms with Gasteiger partial charge in [0.1, 0.15) is 12.1 Å². The van der Waals surface area contributed by atoms with Crippen LogP contribution in [0.25, 0.3) is 0 Å². The van der Waals surface area contributed by atoms with Crippen LogP contribution in [-0.2, 0) is 0 Å². The van der Waals surface area contributed by atoms with Crippen molar-refractivity contribution < 1.29 is 4.79 Å². The molecule has 0 aliphatic carbocycles. The third kappa shape index (κ3) is 2.74. The Balaban J connectivity index is 2.25. The minimum atomic E-state index is -0.328. The number of hydrogen-bond donors (Lipinski definition) is 2. The molecular weight excluding hydrogens is 252 g/mol. The lowest BCUT2D eigenvalue weighted by Crippen LogP contribution is -2.12. The molecule has 0 bridgehead atoms. The Morgan fingerprint density at radius 1 is 1.05 bits per heavy atom. The number of rotatable bonds is 2. The van der Waals surface area contributed by atoms with E-state index in [0.29, 0.717) is 16.9 Å². The van der Waals surface area contributed by atoms with E-state index in [2.05, 4.69) is 5.32 Å². The summed E-state index contributed by atoms with van der Waals surface area (Å²) < 4.78 is 0. The van der Waals surface area contributed by atoms with Crippen molar-refractivity contribution in [2.75, 3.05) is 11.1 Å². The third-order valence-corrected chi connectivity index (χ3v) is 2.67. The average molecular weight is 262 g/mol. The number of amides is 1. The van der Waals surface area contributed by atoms with Gasteiger partial charge < -0.3 is 11.1 Å². The van der Waals surface area contributed by atoms with Crippen molar-refractivity contribution in [3.8, 4) is 12.1 Å². The molecule has 96 valence electrons. The first-order chi connectivity index (χ1) is 9.63. The minimum Gasteiger partial charge on any atom is -0.399 e. The molecule has 0 aromatic heterocycles. The lowest BCUT2D eigenvalue weighted by atomic mass is 10.1. The number of nitriles is 2. The molecule has 20 heavy (non-hydrogen) atoms. The predicted octanol–water partition coefficient (Wildman–Crippen LogP) is 2.26. The number of hydrogen-bond acceptors (Lipinski definition) is 4. The quantitative estimate of drug-likeness (QED) is 0.810. The maximum Gasteiger partial charge on any atom is 0.255 e. The molecule has 0 radical (unpaired) electrons. The van der Waals surface area contributed by atoms with Crippen molar-refractivity contribution >= 4 is 17.3 Å². The van der Waals surface area contributed by atoms with Gasteiger partial charge in [-0.05, 0) is 36.4 Å². The number of benzene rings is 2. The molecular formula is C15H10N4O. The van der Waals surface area contributed by atoms with E-state index in [1.54, 1.807) is 30.3 Å². The Morgan fingerprint density at radius 2 is 1.80 bits per heavy atom. The largest absolute Gasteiger partial charge is 0.399 e. The van der Waals surface area contributed by atoms with Crippen molar-refractivity contribution in [3.63, 3.8) is 0 Å². The summed E-state index contributed by atoms with van der Waals surface area (Å²) in [5, 5.41) is 20.4. The lowest BCUT2D eigenvalue weighted by molar-refractivity contribution is 0.102. The molecule has 1 amide bonds. The molecule has 0 unspecified atom stereocenters. The summed E-state index contributed by atoms with van der Waals surface area (Å²) in [6.07, 6.45) is 0. The Bertz CT molecular complexity index is 753. The number of anilines is 2. The van der Waals surface area contributed by atoms with Crippen molar-refractivity contribution in [3.05, 3.63) is 59.2 Å². The fraction of sp³-hybridized carbons (Fsp3) is 0. The first-order valence-corrected chi connectivity index (χ1v) is 5.75. The zero-order valence-electron chi connectivity index (χ0n) is 10.4. The summed E-state index contributed by atoms with van der Waals surface area (Å²) >= 11 is 0. The van der Waals surface area contributed by atoms with Gasteiger partial charge in [-0.2, -0.15) is 10.5 Å². The number of nitrogens with two attached hydrogens (primary N) is 1. The summed E-state index contributed by atoms with van der Waals surface area (Å²) in [6, 6.07) is 14.9. The topological polar surface area (TPSA) is 103 Å². The molecule has 0 aliphatic heterocycles. The van der Waals surface area contributed by atoms with Crippen LogP contribution in [0.4, 0.5) is 11.4 Å². The van der Waals surface area contributed by atoms with Crippen molar-refractivity contribution in [1.29, 1.82) is 10.5 Å². The van der Waals surface area contributed by atoms with Crippen LogP contribution in [0.2, 0.25) is 0 Å². The summed E-state index contributed by atoms with van der Waals surface area (Å²) in [5.41, 5.74) is 7.48. The number of nitrogen functional groups attached to an aromatic ring is 1. The average Bonchev–Trinajstić information content (AvgIpc) is 2.47. The van der Waals surface area contributed by atoms with Gasteiger partial charge in [-0.25, -0.2) is 0 Å². The maximum atomic E-state index is 12.0. The lowest BCUT2D eigenvalue weighted by Gasteiger charge is -2.06. The van der Waals surface area contributed by atoms with E-state index >= 15 is 0 Å². The Labute approximate surface area is 115 Å². The summed E-state index contributed by atoms with van der Waals surface area (Å²) in [4.78, 5) is 12.0. The molecule has 0 saturated heterocycles. The molecule has 0 spiro atoms. The number of carbonyl (C=O) groups is 1. The number of nitrogens with zero attached hydrogens (tertiary/aromatic N) is 2. The van der Waals surface area contributed by atoms with Gasteiger partial charge >= 0.3 is 0 Å². The second-order valence-electron chi connectivity index (χ2n) is 4.06. The smallest absolute Gasteiger partial charge is 0.255 e. The van der Waals surface area contributed by atoms with E-state index in [1.807, 2.05) is 12.1 Å². The van der Waals surface area contributed by atoms with E-state index in [0.717, 1.165) is 0 Å². The molecule has 5 nitrogen and oxygen atoms in total. The first-order valence-electron chi connectivity index (χ1n) is 5.75. The highest BCUT2D eigenvalue weighted by Crippen LogP contribution is 2.16. The second-order valence-corrected chi connectivity index (χ2v) is 4.06. The molecule has 0 fully saturated rings. The monoisotopic (exact) mass is 262 g/mol. The van der Waals surface area contributed by atoms with Crippen molar-refractivity contribution in [2.24, 2.45) is 0 Å². The number of nitrogens with one attached hydrogen (secondary N) is 1. The highest BCUT2D eigenvalue weighted by atomic mass is 16.1. The summed E-state index contributed by atoms with van der Waals surface area (Å²) in [5.74, 6) is -0.328. The minimum absolute atomic E-state index is 0.220. The molecule has 5 heteroatoms. The van der Waals surface area contributed by atoms with Crippen molar-refractivity contribution in [2.45, 2.75) is 0 Å². The van der Waals surface area contributed by atoms with E-state index in [9.17, 15) is 4.79 Å². The van der Waals surface area contributed by atoms with Gasteiger partial charge in [0.25, 0.3) is 5.91 Å². The van der Waals surface area contributed by atoms with Gasteiger partial charge in [-0.3, -0.25) is 4.79 Å². The molecule has 0 atom stereocenters. The maximum absolute atomic E-state index is 12.0. The van der Waals surface area contributed by atoms with Gasteiger partial charge in [-0.15, -0.1) is 0 Å².